The van der Waals surface area contributed by atoms with Gasteiger partial charge >= 0.3 is 5.97 Å². The third-order valence-electron chi connectivity index (χ3n) is 10.7. The second-order valence-electron chi connectivity index (χ2n) is 13.4. The van der Waals surface area contributed by atoms with E-state index in [1.165, 1.54) is 18.9 Å². The predicted octanol–water partition coefficient (Wildman–Crippen LogP) is 6.74. The van der Waals surface area contributed by atoms with E-state index < -0.39 is 8.32 Å². The monoisotopic (exact) mass is 478 g/mol. The van der Waals surface area contributed by atoms with Gasteiger partial charge in [-0.3, -0.25) is 4.79 Å². The van der Waals surface area contributed by atoms with Gasteiger partial charge in [-0.2, -0.15) is 0 Å². The lowest BCUT2D eigenvalue weighted by Gasteiger charge is -2.57. The fourth-order valence-corrected chi connectivity index (χ4v) is 8.31. The summed E-state index contributed by atoms with van der Waals surface area (Å²) in [6.45, 7) is 23.3. The SMILES string of the molecule is C=C1CC[C@H]2[C@H](CO)[C@@H]([C@@]3(C)CC[C@H](OC(C)=O)C[C@@H]3CO[Si](C)(C)C(C)(C)C)CC[C@]12C. The van der Waals surface area contributed by atoms with Gasteiger partial charge in [-0.1, -0.05) is 46.8 Å². The molecule has 0 bridgehead atoms. The number of carbonyl (C=O) groups excluding carboxylic acids is 1. The molecule has 7 atom stereocenters. The minimum Gasteiger partial charge on any atom is -0.463 e. The number of aliphatic hydroxyl groups is 1. The third kappa shape index (κ3) is 5.02. The van der Waals surface area contributed by atoms with Crippen molar-refractivity contribution in [3.8, 4) is 0 Å². The second kappa shape index (κ2) is 9.42. The maximum Gasteiger partial charge on any atom is 0.302 e. The molecule has 190 valence electrons. The predicted molar refractivity (Wildman–Crippen MR) is 137 cm³/mol. The molecule has 3 aliphatic carbocycles. The largest absolute Gasteiger partial charge is 0.463 e. The minimum absolute atomic E-state index is 0.0173. The third-order valence-corrected chi connectivity index (χ3v) is 15.2. The number of esters is 1. The van der Waals surface area contributed by atoms with E-state index in [9.17, 15) is 9.90 Å². The zero-order chi connectivity index (χ0) is 24.8. The van der Waals surface area contributed by atoms with Crippen molar-refractivity contribution in [2.24, 2.45) is 34.5 Å². The van der Waals surface area contributed by atoms with Crippen LogP contribution in [0.2, 0.25) is 18.1 Å². The Hall–Kier alpha value is -0.653. The quantitative estimate of drug-likeness (QED) is 0.261. The molecule has 3 fully saturated rings. The van der Waals surface area contributed by atoms with Gasteiger partial charge in [0.05, 0.1) is 0 Å². The number of rotatable bonds is 6. The first kappa shape index (κ1) is 26.9. The molecule has 0 saturated heterocycles. The molecule has 33 heavy (non-hydrogen) atoms. The van der Waals surface area contributed by atoms with E-state index in [2.05, 4.69) is 54.3 Å². The molecule has 0 radical (unpaired) electrons. The summed E-state index contributed by atoms with van der Waals surface area (Å²) >= 11 is 0. The lowest BCUT2D eigenvalue weighted by molar-refractivity contribution is -0.156. The van der Waals surface area contributed by atoms with E-state index in [1.807, 2.05) is 0 Å². The highest BCUT2D eigenvalue weighted by atomic mass is 28.4. The molecule has 0 spiro atoms. The Bertz CT molecular complexity index is 741. The number of aliphatic hydroxyl groups excluding tert-OH is 1. The summed E-state index contributed by atoms with van der Waals surface area (Å²) in [5.74, 6) is 1.46. The minimum atomic E-state index is -1.89. The molecule has 0 aromatic carbocycles. The average Bonchev–Trinajstić information content (AvgIpc) is 3.01. The van der Waals surface area contributed by atoms with Gasteiger partial charge in [0.2, 0.25) is 0 Å². The highest BCUT2D eigenvalue weighted by Crippen LogP contribution is 2.63. The van der Waals surface area contributed by atoms with Crippen molar-refractivity contribution in [1.82, 2.24) is 0 Å². The molecule has 3 rings (SSSR count). The number of ether oxygens (including phenoxy) is 1. The lowest BCUT2D eigenvalue weighted by atomic mass is 9.49. The van der Waals surface area contributed by atoms with E-state index in [4.69, 9.17) is 9.16 Å². The van der Waals surface area contributed by atoms with E-state index in [1.54, 1.807) is 0 Å². The zero-order valence-electron chi connectivity index (χ0n) is 22.6. The normalized spacial score (nSPS) is 39.9. The van der Waals surface area contributed by atoms with Gasteiger partial charge < -0.3 is 14.3 Å². The Morgan fingerprint density at radius 1 is 1.15 bits per heavy atom. The van der Waals surface area contributed by atoms with Crippen LogP contribution in [0.1, 0.15) is 86.5 Å². The first-order valence-electron chi connectivity index (χ1n) is 13.3. The number of carbonyl (C=O) groups is 1. The molecular formula is C28H50O4Si. The van der Waals surface area contributed by atoms with Crippen LogP contribution in [-0.4, -0.2) is 38.7 Å². The van der Waals surface area contributed by atoms with Crippen LogP contribution in [0, 0.1) is 34.5 Å². The summed E-state index contributed by atoms with van der Waals surface area (Å²) in [4.78, 5) is 11.7. The first-order valence-corrected chi connectivity index (χ1v) is 16.2. The van der Waals surface area contributed by atoms with Gasteiger partial charge in [0.25, 0.3) is 0 Å². The Kier molecular flexibility index (Phi) is 7.69. The lowest BCUT2D eigenvalue weighted by Crippen LogP contribution is -2.53. The van der Waals surface area contributed by atoms with Gasteiger partial charge in [-0.15, -0.1) is 0 Å². The van der Waals surface area contributed by atoms with Crippen LogP contribution in [0.15, 0.2) is 12.2 Å². The summed E-state index contributed by atoms with van der Waals surface area (Å²) in [5.41, 5.74) is 1.66. The molecule has 0 aliphatic heterocycles. The Balaban J connectivity index is 1.88. The second-order valence-corrected chi connectivity index (χ2v) is 18.2. The number of allylic oxidation sites excluding steroid dienone is 1. The Labute approximate surface area is 204 Å². The fraction of sp³-hybridized carbons (Fsp3) is 0.893. The molecule has 3 saturated carbocycles. The van der Waals surface area contributed by atoms with Crippen LogP contribution in [0.5, 0.6) is 0 Å². The van der Waals surface area contributed by atoms with Crippen LogP contribution in [0.4, 0.5) is 0 Å². The summed E-state index contributed by atoms with van der Waals surface area (Å²) in [6.07, 6.45) is 7.38. The van der Waals surface area contributed by atoms with Crippen molar-refractivity contribution < 1.29 is 19.1 Å². The van der Waals surface area contributed by atoms with Gasteiger partial charge in [-0.25, -0.2) is 0 Å². The average molecular weight is 479 g/mol. The maximum atomic E-state index is 11.7. The molecular weight excluding hydrogens is 428 g/mol. The van der Waals surface area contributed by atoms with Gasteiger partial charge in [0.15, 0.2) is 8.32 Å². The van der Waals surface area contributed by atoms with Gasteiger partial charge in [0, 0.05) is 20.1 Å². The molecule has 3 aliphatic rings. The number of fused-ring (bicyclic) bond motifs is 1. The Morgan fingerprint density at radius 3 is 2.39 bits per heavy atom. The molecule has 0 heterocycles. The van der Waals surface area contributed by atoms with Crippen molar-refractivity contribution in [3.63, 3.8) is 0 Å². The first-order chi connectivity index (χ1) is 15.2. The van der Waals surface area contributed by atoms with Crippen molar-refractivity contribution in [2.75, 3.05) is 13.2 Å². The standard InChI is InChI=1S/C28H50O4Si/c1-19-10-11-24-23(17-29)25(13-15-27(19,24)6)28(7)14-12-22(32-20(2)30)16-21(28)18-31-33(8,9)26(3,4)5/h21-25,29H,1,10-18H2,2-9H3/t21-,22+,23+,24+,25+,27-,28+/m1/s1. The summed E-state index contributed by atoms with van der Waals surface area (Å²) in [5, 5.41) is 10.8. The van der Waals surface area contributed by atoms with Crippen LogP contribution < -0.4 is 0 Å². The molecule has 0 aromatic rings. The van der Waals surface area contributed by atoms with E-state index >= 15 is 0 Å². The molecule has 0 unspecified atom stereocenters. The summed E-state index contributed by atoms with van der Waals surface area (Å²) in [7, 11) is -1.89. The van der Waals surface area contributed by atoms with E-state index in [0.29, 0.717) is 23.7 Å². The van der Waals surface area contributed by atoms with Crippen LogP contribution in [-0.2, 0) is 14.0 Å². The van der Waals surface area contributed by atoms with Crippen LogP contribution >= 0.6 is 0 Å². The summed E-state index contributed by atoms with van der Waals surface area (Å²) < 4.78 is 12.5. The maximum absolute atomic E-state index is 11.7. The fourth-order valence-electron chi connectivity index (χ4n) is 7.26. The van der Waals surface area contributed by atoms with Gasteiger partial charge in [-0.05, 0) is 97.6 Å². The van der Waals surface area contributed by atoms with Gasteiger partial charge in [0.1, 0.15) is 6.10 Å². The van der Waals surface area contributed by atoms with Crippen LogP contribution in [0.25, 0.3) is 0 Å². The molecule has 1 N–H and O–H groups in total. The molecule has 5 heteroatoms. The van der Waals surface area contributed by atoms with Crippen molar-refractivity contribution in [3.05, 3.63) is 12.2 Å². The number of hydrogen-bond acceptors (Lipinski definition) is 4. The Morgan fingerprint density at radius 2 is 1.82 bits per heavy atom. The van der Waals surface area contributed by atoms with Crippen molar-refractivity contribution in [1.29, 1.82) is 0 Å². The van der Waals surface area contributed by atoms with E-state index in [0.717, 1.165) is 45.1 Å². The van der Waals surface area contributed by atoms with Crippen molar-refractivity contribution >= 4 is 14.3 Å². The molecule has 0 amide bonds. The van der Waals surface area contributed by atoms with Crippen LogP contribution in [0.3, 0.4) is 0 Å². The summed E-state index contributed by atoms with van der Waals surface area (Å²) in [6, 6.07) is 0. The zero-order valence-corrected chi connectivity index (χ0v) is 23.6. The van der Waals surface area contributed by atoms with Crippen molar-refractivity contribution in [2.45, 2.75) is 111 Å². The highest BCUT2D eigenvalue weighted by Gasteiger charge is 2.57. The molecule has 0 aromatic heterocycles. The van der Waals surface area contributed by atoms with E-state index in [-0.39, 0.29) is 34.5 Å². The highest BCUT2D eigenvalue weighted by molar-refractivity contribution is 6.74. The smallest absolute Gasteiger partial charge is 0.302 e. The number of hydrogen-bond donors (Lipinski definition) is 1. The molecule has 4 nitrogen and oxygen atoms in total. The topological polar surface area (TPSA) is 55.8 Å².